The van der Waals surface area contributed by atoms with E-state index >= 15 is 0 Å². The summed E-state index contributed by atoms with van der Waals surface area (Å²) in [4.78, 5) is 26.1. The third-order valence-electron chi connectivity index (χ3n) is 3.60. The van der Waals surface area contributed by atoms with Gasteiger partial charge in [-0.25, -0.2) is 4.79 Å². The molecule has 1 saturated heterocycles. The molecular weight excluding hydrogens is 378 g/mol. The number of amides is 1. The van der Waals surface area contributed by atoms with Gasteiger partial charge in [-0.05, 0) is 29.3 Å². The normalized spacial score (nSPS) is 17.2. The topological polar surface area (TPSA) is 57.6 Å². The van der Waals surface area contributed by atoms with E-state index in [9.17, 15) is 14.7 Å². The van der Waals surface area contributed by atoms with E-state index in [1.165, 1.54) is 0 Å². The number of nitrogens with zero attached hydrogens (tertiary/aromatic N) is 1. The van der Waals surface area contributed by atoms with Crippen molar-refractivity contribution in [1.82, 2.24) is 4.90 Å². The summed E-state index contributed by atoms with van der Waals surface area (Å²) in [5, 5.41) is 10.2. The SMILES string of the molecule is O=C(O)C(c1ccccc1)N1C(=O)/C(=C\c2ccc(Cl)cc2)SC1=S. The fraction of sp³-hybridized carbons (Fsp3) is 0.0556. The Morgan fingerprint density at radius 2 is 1.80 bits per heavy atom. The molecule has 2 aromatic carbocycles. The number of benzene rings is 2. The summed E-state index contributed by atoms with van der Waals surface area (Å²) in [6.07, 6.45) is 1.68. The molecule has 0 aromatic heterocycles. The number of carboxylic acid groups (broad SMARTS) is 1. The number of thiocarbonyl (C=S) groups is 1. The lowest BCUT2D eigenvalue weighted by molar-refractivity contribution is -0.145. The van der Waals surface area contributed by atoms with Crippen LogP contribution in [0.4, 0.5) is 0 Å². The molecule has 0 saturated carbocycles. The van der Waals surface area contributed by atoms with Crippen LogP contribution >= 0.6 is 35.6 Å². The van der Waals surface area contributed by atoms with Crippen LogP contribution in [-0.4, -0.2) is 26.2 Å². The molecule has 1 aliphatic heterocycles. The maximum atomic E-state index is 12.8. The Morgan fingerprint density at radius 3 is 2.40 bits per heavy atom. The monoisotopic (exact) mass is 389 g/mol. The summed E-state index contributed by atoms with van der Waals surface area (Å²) in [7, 11) is 0. The van der Waals surface area contributed by atoms with E-state index in [1.807, 2.05) is 0 Å². The Labute approximate surface area is 159 Å². The second kappa shape index (κ2) is 7.39. The zero-order chi connectivity index (χ0) is 18.0. The molecule has 25 heavy (non-hydrogen) atoms. The molecule has 1 unspecified atom stereocenters. The third-order valence-corrected chi connectivity index (χ3v) is 5.18. The van der Waals surface area contributed by atoms with Gasteiger partial charge in [0, 0.05) is 5.02 Å². The number of halogens is 1. The van der Waals surface area contributed by atoms with Gasteiger partial charge in [0.15, 0.2) is 6.04 Å². The van der Waals surface area contributed by atoms with Crippen LogP contribution in [0.25, 0.3) is 6.08 Å². The molecule has 4 nitrogen and oxygen atoms in total. The van der Waals surface area contributed by atoms with Gasteiger partial charge in [-0.3, -0.25) is 9.69 Å². The largest absolute Gasteiger partial charge is 0.479 e. The standard InChI is InChI=1S/C18H12ClNO3S2/c19-13-8-6-11(7-9-13)10-14-16(21)20(18(24)25-14)15(17(22)23)12-4-2-1-3-5-12/h1-10,15H,(H,22,23)/b14-10+. The van der Waals surface area contributed by atoms with Crippen LogP contribution in [0, 0.1) is 0 Å². The number of thioether (sulfide) groups is 1. The van der Waals surface area contributed by atoms with Crippen molar-refractivity contribution in [3.8, 4) is 0 Å². The van der Waals surface area contributed by atoms with Gasteiger partial charge in [-0.1, -0.05) is 78.0 Å². The summed E-state index contributed by atoms with van der Waals surface area (Å²) in [5.74, 6) is -1.54. The molecular formula is C18H12ClNO3S2. The van der Waals surface area contributed by atoms with Crippen LogP contribution in [0.15, 0.2) is 59.5 Å². The van der Waals surface area contributed by atoms with E-state index in [0.717, 1.165) is 22.2 Å². The van der Waals surface area contributed by atoms with Crippen LogP contribution in [0.1, 0.15) is 17.2 Å². The van der Waals surface area contributed by atoms with Crippen LogP contribution in [0.3, 0.4) is 0 Å². The van der Waals surface area contributed by atoms with Crippen molar-refractivity contribution in [2.24, 2.45) is 0 Å². The van der Waals surface area contributed by atoms with Crippen LogP contribution in [0.2, 0.25) is 5.02 Å². The third kappa shape index (κ3) is 3.76. The number of aliphatic carboxylic acids is 1. The van der Waals surface area contributed by atoms with Gasteiger partial charge in [0.05, 0.1) is 4.91 Å². The fourth-order valence-electron chi connectivity index (χ4n) is 2.45. The predicted octanol–water partition coefficient (Wildman–Crippen LogP) is 4.37. The second-order valence-electron chi connectivity index (χ2n) is 5.25. The number of carbonyl (C=O) groups is 2. The van der Waals surface area contributed by atoms with E-state index in [2.05, 4.69) is 0 Å². The first-order valence-electron chi connectivity index (χ1n) is 7.28. The van der Waals surface area contributed by atoms with Crippen LogP contribution in [0.5, 0.6) is 0 Å². The Balaban J connectivity index is 1.95. The Hall–Kier alpha value is -2.15. The lowest BCUT2D eigenvalue weighted by atomic mass is 10.1. The molecule has 1 N–H and O–H groups in total. The van der Waals surface area contributed by atoms with Gasteiger partial charge in [0.1, 0.15) is 4.32 Å². The van der Waals surface area contributed by atoms with Gasteiger partial charge in [-0.15, -0.1) is 0 Å². The van der Waals surface area contributed by atoms with Crippen molar-refractivity contribution in [2.45, 2.75) is 6.04 Å². The highest BCUT2D eigenvalue weighted by Gasteiger charge is 2.41. The first kappa shape index (κ1) is 17.7. The number of carboxylic acids is 1. The van der Waals surface area contributed by atoms with Gasteiger partial charge >= 0.3 is 5.97 Å². The average Bonchev–Trinajstić information content (AvgIpc) is 2.86. The molecule has 0 radical (unpaired) electrons. The maximum absolute atomic E-state index is 12.8. The van der Waals surface area contributed by atoms with E-state index in [1.54, 1.807) is 60.7 Å². The van der Waals surface area contributed by atoms with Crippen molar-refractivity contribution in [2.75, 3.05) is 0 Å². The highest BCUT2D eigenvalue weighted by molar-refractivity contribution is 8.26. The van der Waals surface area contributed by atoms with E-state index in [4.69, 9.17) is 23.8 Å². The predicted molar refractivity (Wildman–Crippen MR) is 103 cm³/mol. The quantitative estimate of drug-likeness (QED) is 0.621. The van der Waals surface area contributed by atoms with E-state index < -0.39 is 17.9 Å². The Morgan fingerprint density at radius 1 is 1.16 bits per heavy atom. The van der Waals surface area contributed by atoms with Crippen LogP contribution in [-0.2, 0) is 9.59 Å². The van der Waals surface area contributed by atoms with Gasteiger partial charge in [0.2, 0.25) is 0 Å². The summed E-state index contributed by atoms with van der Waals surface area (Å²) in [5.41, 5.74) is 1.29. The number of hydrogen-bond donors (Lipinski definition) is 1. The highest BCUT2D eigenvalue weighted by atomic mass is 35.5. The summed E-state index contributed by atoms with van der Waals surface area (Å²) < 4.78 is 0.224. The smallest absolute Gasteiger partial charge is 0.331 e. The van der Waals surface area contributed by atoms with Crippen molar-refractivity contribution in [3.05, 3.63) is 75.7 Å². The molecule has 2 aromatic rings. The van der Waals surface area contributed by atoms with Crippen molar-refractivity contribution >= 4 is 57.9 Å². The molecule has 0 bridgehead atoms. The maximum Gasteiger partial charge on any atom is 0.331 e. The second-order valence-corrected chi connectivity index (χ2v) is 7.37. The minimum absolute atomic E-state index is 0.224. The lowest BCUT2D eigenvalue weighted by Crippen LogP contribution is -2.37. The molecule has 1 amide bonds. The van der Waals surface area contributed by atoms with Crippen molar-refractivity contribution in [1.29, 1.82) is 0 Å². The molecule has 0 aliphatic carbocycles. The van der Waals surface area contributed by atoms with Gasteiger partial charge in [0.25, 0.3) is 5.91 Å². The fourth-order valence-corrected chi connectivity index (χ4v) is 3.89. The van der Waals surface area contributed by atoms with Crippen molar-refractivity contribution < 1.29 is 14.7 Å². The molecule has 1 heterocycles. The number of hydrogen-bond acceptors (Lipinski definition) is 4. The zero-order valence-electron chi connectivity index (χ0n) is 12.8. The highest BCUT2D eigenvalue weighted by Crippen LogP contribution is 2.38. The summed E-state index contributed by atoms with van der Waals surface area (Å²) in [6, 6.07) is 14.4. The Bertz CT molecular complexity index is 866. The summed E-state index contributed by atoms with van der Waals surface area (Å²) >= 11 is 12.2. The number of rotatable bonds is 4. The molecule has 3 rings (SSSR count). The molecule has 1 aliphatic rings. The number of carbonyl (C=O) groups excluding carboxylic acids is 1. The van der Waals surface area contributed by atoms with Gasteiger partial charge < -0.3 is 5.11 Å². The first-order valence-corrected chi connectivity index (χ1v) is 8.88. The molecule has 1 fully saturated rings. The first-order chi connectivity index (χ1) is 12.0. The molecule has 126 valence electrons. The van der Waals surface area contributed by atoms with Crippen LogP contribution < -0.4 is 0 Å². The molecule has 7 heteroatoms. The van der Waals surface area contributed by atoms with E-state index in [0.29, 0.717) is 15.5 Å². The van der Waals surface area contributed by atoms with Gasteiger partial charge in [-0.2, -0.15) is 0 Å². The minimum Gasteiger partial charge on any atom is -0.479 e. The molecule has 0 spiro atoms. The van der Waals surface area contributed by atoms with E-state index in [-0.39, 0.29) is 4.32 Å². The minimum atomic E-state index is -1.15. The average molecular weight is 390 g/mol. The van der Waals surface area contributed by atoms with Crippen molar-refractivity contribution in [3.63, 3.8) is 0 Å². The Kier molecular flexibility index (Phi) is 5.22. The lowest BCUT2D eigenvalue weighted by Gasteiger charge is -2.23. The molecule has 1 atom stereocenters. The summed E-state index contributed by atoms with van der Waals surface area (Å²) in [6.45, 7) is 0. The zero-order valence-corrected chi connectivity index (χ0v) is 15.1.